The van der Waals surface area contributed by atoms with E-state index in [1.54, 1.807) is 0 Å². The highest BCUT2D eigenvalue weighted by Crippen LogP contribution is 2.22. The summed E-state index contributed by atoms with van der Waals surface area (Å²) in [6.07, 6.45) is 7.60. The van der Waals surface area contributed by atoms with Crippen LogP contribution in [0.15, 0.2) is 18.2 Å². The maximum atomic E-state index is 6.06. The number of benzene rings is 1. The number of ether oxygens (including phenoxy) is 1. The third kappa shape index (κ3) is 6.26. The van der Waals surface area contributed by atoms with Gasteiger partial charge in [0.15, 0.2) is 0 Å². The SMILES string of the molecule is CN(C)CCN1CCc2ccc(OCCCN3CCCCC3)cc2CC1. The molecule has 26 heavy (non-hydrogen) atoms. The Labute approximate surface area is 160 Å². The molecule has 4 heteroatoms. The molecule has 3 rings (SSSR count). The molecular weight excluding hydrogens is 322 g/mol. The summed E-state index contributed by atoms with van der Waals surface area (Å²) in [6.45, 7) is 9.24. The number of piperidine rings is 1. The summed E-state index contributed by atoms with van der Waals surface area (Å²) in [7, 11) is 4.31. The molecule has 146 valence electrons. The molecule has 0 N–H and O–H groups in total. The van der Waals surface area contributed by atoms with Gasteiger partial charge in [-0.3, -0.25) is 0 Å². The fourth-order valence-electron chi connectivity index (χ4n) is 4.06. The maximum absolute atomic E-state index is 6.06. The highest BCUT2D eigenvalue weighted by Gasteiger charge is 2.15. The van der Waals surface area contributed by atoms with E-state index < -0.39 is 0 Å². The number of rotatable bonds is 8. The van der Waals surface area contributed by atoms with Gasteiger partial charge in [0, 0.05) is 32.7 Å². The first-order chi connectivity index (χ1) is 12.7. The van der Waals surface area contributed by atoms with Gasteiger partial charge in [-0.05, 0) is 82.5 Å². The molecule has 0 amide bonds. The van der Waals surface area contributed by atoms with E-state index in [2.05, 4.69) is 47.0 Å². The third-order valence-corrected chi connectivity index (χ3v) is 5.77. The molecule has 0 spiro atoms. The van der Waals surface area contributed by atoms with Crippen molar-refractivity contribution in [2.24, 2.45) is 0 Å². The van der Waals surface area contributed by atoms with Crippen LogP contribution in [-0.4, -0.2) is 81.2 Å². The van der Waals surface area contributed by atoms with E-state index >= 15 is 0 Å². The van der Waals surface area contributed by atoms with E-state index in [1.807, 2.05) is 0 Å². The lowest BCUT2D eigenvalue weighted by Gasteiger charge is -2.26. The fraction of sp³-hybridized carbons (Fsp3) is 0.727. The van der Waals surface area contributed by atoms with Crippen LogP contribution in [0.1, 0.15) is 36.8 Å². The predicted octanol–water partition coefficient (Wildman–Crippen LogP) is 2.90. The van der Waals surface area contributed by atoms with Crippen molar-refractivity contribution in [3.05, 3.63) is 29.3 Å². The molecule has 0 unspecified atom stereocenters. The van der Waals surface area contributed by atoms with Gasteiger partial charge >= 0.3 is 0 Å². The molecule has 1 aromatic rings. The molecule has 0 aromatic heterocycles. The van der Waals surface area contributed by atoms with Gasteiger partial charge in [0.05, 0.1) is 6.61 Å². The summed E-state index contributed by atoms with van der Waals surface area (Å²) in [5.41, 5.74) is 3.00. The van der Waals surface area contributed by atoms with Crippen LogP contribution in [-0.2, 0) is 12.8 Å². The van der Waals surface area contributed by atoms with Crippen LogP contribution in [0.5, 0.6) is 5.75 Å². The van der Waals surface area contributed by atoms with Crippen molar-refractivity contribution < 1.29 is 4.74 Å². The largest absolute Gasteiger partial charge is 0.494 e. The number of nitrogens with zero attached hydrogens (tertiary/aromatic N) is 3. The summed E-state index contributed by atoms with van der Waals surface area (Å²) in [4.78, 5) is 7.46. The van der Waals surface area contributed by atoms with Crippen molar-refractivity contribution >= 4 is 0 Å². The molecule has 0 atom stereocenters. The second kappa shape index (κ2) is 10.3. The molecule has 2 heterocycles. The van der Waals surface area contributed by atoms with Crippen molar-refractivity contribution in [2.45, 2.75) is 38.5 Å². The van der Waals surface area contributed by atoms with Gasteiger partial charge in [0.1, 0.15) is 5.75 Å². The Bertz CT molecular complexity index is 540. The molecule has 4 nitrogen and oxygen atoms in total. The smallest absolute Gasteiger partial charge is 0.119 e. The summed E-state index contributed by atoms with van der Waals surface area (Å²) in [5, 5.41) is 0. The molecule has 2 aliphatic heterocycles. The third-order valence-electron chi connectivity index (χ3n) is 5.77. The van der Waals surface area contributed by atoms with E-state index in [4.69, 9.17) is 4.74 Å². The summed E-state index contributed by atoms with van der Waals surface area (Å²) < 4.78 is 6.06. The highest BCUT2D eigenvalue weighted by molar-refractivity contribution is 5.36. The van der Waals surface area contributed by atoms with Gasteiger partial charge in [0.25, 0.3) is 0 Å². The van der Waals surface area contributed by atoms with Crippen LogP contribution in [0.2, 0.25) is 0 Å². The lowest BCUT2D eigenvalue weighted by molar-refractivity contribution is 0.205. The van der Waals surface area contributed by atoms with E-state index in [9.17, 15) is 0 Å². The Morgan fingerprint density at radius 1 is 0.885 bits per heavy atom. The van der Waals surface area contributed by atoms with Gasteiger partial charge in [-0.1, -0.05) is 12.5 Å². The summed E-state index contributed by atoms with van der Waals surface area (Å²) in [6, 6.07) is 6.77. The first-order valence-electron chi connectivity index (χ1n) is 10.5. The zero-order valence-corrected chi connectivity index (χ0v) is 16.9. The van der Waals surface area contributed by atoms with Crippen LogP contribution in [0, 0.1) is 0 Å². The van der Waals surface area contributed by atoms with Gasteiger partial charge in [-0.25, -0.2) is 0 Å². The minimum Gasteiger partial charge on any atom is -0.494 e. The van der Waals surface area contributed by atoms with Gasteiger partial charge in [-0.15, -0.1) is 0 Å². The molecule has 0 aliphatic carbocycles. The zero-order valence-electron chi connectivity index (χ0n) is 16.9. The number of likely N-dealkylation sites (N-methyl/N-ethyl adjacent to an activating group) is 1. The molecular formula is C22H37N3O. The Hall–Kier alpha value is -1.10. The number of likely N-dealkylation sites (tertiary alicyclic amines) is 1. The topological polar surface area (TPSA) is 19.0 Å². The monoisotopic (exact) mass is 359 g/mol. The maximum Gasteiger partial charge on any atom is 0.119 e. The van der Waals surface area contributed by atoms with Crippen molar-refractivity contribution in [3.63, 3.8) is 0 Å². The summed E-state index contributed by atoms with van der Waals surface area (Å²) in [5.74, 6) is 1.06. The van der Waals surface area contributed by atoms with E-state index in [1.165, 1.54) is 69.7 Å². The van der Waals surface area contributed by atoms with Crippen molar-refractivity contribution in [1.82, 2.24) is 14.7 Å². The lowest BCUT2D eigenvalue weighted by Crippen LogP contribution is -2.33. The van der Waals surface area contributed by atoms with Gasteiger partial charge < -0.3 is 19.4 Å². The van der Waals surface area contributed by atoms with E-state index in [0.29, 0.717) is 0 Å². The number of hydrogen-bond acceptors (Lipinski definition) is 4. The van der Waals surface area contributed by atoms with Crippen molar-refractivity contribution in [3.8, 4) is 5.75 Å². The average molecular weight is 360 g/mol. The lowest BCUT2D eigenvalue weighted by atomic mass is 10.0. The molecule has 2 aliphatic rings. The minimum absolute atomic E-state index is 0.838. The highest BCUT2D eigenvalue weighted by atomic mass is 16.5. The number of hydrogen-bond donors (Lipinski definition) is 0. The molecule has 1 fully saturated rings. The average Bonchev–Trinajstić information content (AvgIpc) is 2.86. The molecule has 0 radical (unpaired) electrons. The number of fused-ring (bicyclic) bond motifs is 1. The second-order valence-corrected chi connectivity index (χ2v) is 8.18. The van der Waals surface area contributed by atoms with Crippen LogP contribution in [0.3, 0.4) is 0 Å². The normalized spacial score (nSPS) is 19.3. The molecule has 1 aromatic carbocycles. The standard InChI is InChI=1S/C22H37N3O/c1-23(2)16-17-25-14-9-20-7-8-22(19-21(20)10-15-25)26-18-6-13-24-11-4-3-5-12-24/h7-8,19H,3-6,9-18H2,1-2H3. The van der Waals surface area contributed by atoms with Crippen molar-refractivity contribution in [2.75, 3.05) is 66.5 Å². The Balaban J connectivity index is 1.42. The second-order valence-electron chi connectivity index (χ2n) is 8.18. The minimum atomic E-state index is 0.838. The quantitative estimate of drug-likeness (QED) is 0.664. The van der Waals surface area contributed by atoms with E-state index in [-0.39, 0.29) is 0 Å². The molecule has 0 saturated carbocycles. The molecule has 1 saturated heterocycles. The Kier molecular flexibility index (Phi) is 7.78. The van der Waals surface area contributed by atoms with Crippen LogP contribution in [0.25, 0.3) is 0 Å². The van der Waals surface area contributed by atoms with Crippen LogP contribution >= 0.6 is 0 Å². The van der Waals surface area contributed by atoms with Gasteiger partial charge in [0.2, 0.25) is 0 Å². The predicted molar refractivity (Wildman–Crippen MR) is 109 cm³/mol. The summed E-state index contributed by atoms with van der Waals surface area (Å²) >= 11 is 0. The van der Waals surface area contributed by atoms with Crippen molar-refractivity contribution in [1.29, 1.82) is 0 Å². The van der Waals surface area contributed by atoms with Gasteiger partial charge in [-0.2, -0.15) is 0 Å². The Morgan fingerprint density at radius 2 is 1.62 bits per heavy atom. The zero-order chi connectivity index (χ0) is 18.2. The van der Waals surface area contributed by atoms with Crippen LogP contribution in [0.4, 0.5) is 0 Å². The Morgan fingerprint density at radius 3 is 2.38 bits per heavy atom. The molecule has 0 bridgehead atoms. The fourth-order valence-corrected chi connectivity index (χ4v) is 4.06. The van der Waals surface area contributed by atoms with E-state index in [0.717, 1.165) is 38.2 Å². The van der Waals surface area contributed by atoms with Crippen LogP contribution < -0.4 is 4.74 Å². The first kappa shape index (κ1) is 19.7. The first-order valence-corrected chi connectivity index (χ1v) is 10.5.